The van der Waals surface area contributed by atoms with Gasteiger partial charge in [0.05, 0.1) is 0 Å². The van der Waals surface area contributed by atoms with Gasteiger partial charge in [-0.15, -0.1) is 11.8 Å². The van der Waals surface area contributed by atoms with Gasteiger partial charge in [-0.1, -0.05) is 18.2 Å². The molecule has 0 saturated heterocycles. The second kappa shape index (κ2) is 1.52. The van der Waals surface area contributed by atoms with Crippen molar-refractivity contribution in [2.75, 3.05) is 0 Å². The molecule has 1 unspecified atom stereocenters. The highest BCUT2D eigenvalue weighted by Crippen LogP contribution is 2.36. The molecule has 0 aromatic carbocycles. The van der Waals surface area contributed by atoms with Crippen LogP contribution < -0.4 is 0 Å². The van der Waals surface area contributed by atoms with Gasteiger partial charge in [0.25, 0.3) is 0 Å². The van der Waals surface area contributed by atoms with Crippen LogP contribution >= 0.6 is 11.8 Å². The third kappa shape index (κ3) is 0.480. The Morgan fingerprint density at radius 3 is 3.50 bits per heavy atom. The SMILES string of the molecule is [C]1=CC=C2SC=CC12. The minimum absolute atomic E-state index is 0.514. The van der Waals surface area contributed by atoms with Crippen molar-refractivity contribution in [3.63, 3.8) is 0 Å². The molecule has 2 rings (SSSR count). The molecule has 0 aromatic rings. The molecule has 0 fully saturated rings. The molecule has 0 amide bonds. The first-order valence-corrected chi connectivity index (χ1v) is 3.47. The molecule has 1 heteroatoms. The zero-order chi connectivity index (χ0) is 5.40. The molecule has 0 bridgehead atoms. The summed E-state index contributed by atoms with van der Waals surface area (Å²) in [6.07, 6.45) is 9.48. The Hall–Kier alpha value is -0.430. The lowest BCUT2D eigenvalue weighted by Gasteiger charge is -1.93. The molecule has 1 radical (unpaired) electrons. The highest BCUT2D eigenvalue weighted by molar-refractivity contribution is 8.06. The summed E-state index contributed by atoms with van der Waals surface area (Å²) >= 11 is 1.80. The fourth-order valence-corrected chi connectivity index (χ4v) is 1.71. The summed E-state index contributed by atoms with van der Waals surface area (Å²) < 4.78 is 0. The number of rotatable bonds is 0. The maximum absolute atomic E-state index is 3.19. The average Bonchev–Trinajstić information content (AvgIpc) is 2.15. The van der Waals surface area contributed by atoms with Crippen molar-refractivity contribution in [2.24, 2.45) is 5.92 Å². The molecule has 0 saturated carbocycles. The maximum Gasteiger partial charge on any atom is 0.0343 e. The fraction of sp³-hybridized carbons (Fsp3) is 0.143. The summed E-state index contributed by atoms with van der Waals surface area (Å²) in [7, 11) is 0. The van der Waals surface area contributed by atoms with Crippen LogP contribution in [-0.4, -0.2) is 0 Å². The van der Waals surface area contributed by atoms with Crippen LogP contribution in [-0.2, 0) is 0 Å². The van der Waals surface area contributed by atoms with Crippen molar-refractivity contribution in [3.05, 3.63) is 34.6 Å². The van der Waals surface area contributed by atoms with Crippen LogP contribution in [0.15, 0.2) is 28.5 Å². The Kier molecular flexibility index (Phi) is 0.847. The van der Waals surface area contributed by atoms with Crippen LogP contribution in [0, 0.1) is 12.0 Å². The van der Waals surface area contributed by atoms with Gasteiger partial charge in [0.2, 0.25) is 0 Å². The van der Waals surface area contributed by atoms with Gasteiger partial charge in [-0.3, -0.25) is 0 Å². The number of hydrogen-bond donors (Lipinski definition) is 0. The molecular weight excluding hydrogens is 116 g/mol. The molecule has 1 atom stereocenters. The molecular formula is C7H5S. The van der Waals surface area contributed by atoms with Crippen molar-refractivity contribution in [3.8, 4) is 0 Å². The molecule has 1 aliphatic carbocycles. The van der Waals surface area contributed by atoms with Crippen LogP contribution in [0.1, 0.15) is 0 Å². The zero-order valence-corrected chi connectivity index (χ0v) is 5.11. The first kappa shape index (κ1) is 4.45. The fourth-order valence-electron chi connectivity index (χ4n) is 0.879. The van der Waals surface area contributed by atoms with E-state index in [1.807, 2.05) is 6.08 Å². The van der Waals surface area contributed by atoms with E-state index in [4.69, 9.17) is 0 Å². The summed E-state index contributed by atoms with van der Waals surface area (Å²) in [6, 6.07) is 0. The van der Waals surface area contributed by atoms with Gasteiger partial charge in [-0.05, 0) is 11.5 Å². The van der Waals surface area contributed by atoms with Gasteiger partial charge in [0.1, 0.15) is 0 Å². The van der Waals surface area contributed by atoms with Crippen molar-refractivity contribution in [2.45, 2.75) is 0 Å². The quantitative estimate of drug-likeness (QED) is 0.473. The molecule has 1 aliphatic heterocycles. The Balaban J connectivity index is 2.39. The second-order valence-corrected chi connectivity index (χ2v) is 2.81. The Morgan fingerprint density at radius 1 is 1.62 bits per heavy atom. The monoisotopic (exact) mass is 121 g/mol. The minimum Gasteiger partial charge on any atom is -0.102 e. The first-order valence-electron chi connectivity index (χ1n) is 2.59. The van der Waals surface area contributed by atoms with Gasteiger partial charge in [-0.25, -0.2) is 0 Å². The van der Waals surface area contributed by atoms with Crippen LogP contribution in [0.3, 0.4) is 0 Å². The van der Waals surface area contributed by atoms with Crippen LogP contribution in [0.5, 0.6) is 0 Å². The molecule has 0 nitrogen and oxygen atoms in total. The van der Waals surface area contributed by atoms with E-state index in [9.17, 15) is 0 Å². The normalized spacial score (nSPS) is 31.0. The molecule has 39 valence electrons. The largest absolute Gasteiger partial charge is 0.102 e. The van der Waals surface area contributed by atoms with Crippen molar-refractivity contribution >= 4 is 11.8 Å². The summed E-state index contributed by atoms with van der Waals surface area (Å²) in [6.45, 7) is 0. The Bertz CT molecular complexity index is 187. The highest BCUT2D eigenvalue weighted by Gasteiger charge is 2.15. The Labute approximate surface area is 53.0 Å². The van der Waals surface area contributed by atoms with E-state index in [-0.39, 0.29) is 0 Å². The molecule has 2 aliphatic rings. The lowest BCUT2D eigenvalue weighted by molar-refractivity contribution is 1.05. The number of thioether (sulfide) groups is 1. The molecule has 0 N–H and O–H groups in total. The zero-order valence-electron chi connectivity index (χ0n) is 4.29. The van der Waals surface area contributed by atoms with E-state index in [2.05, 4.69) is 23.6 Å². The molecule has 0 aromatic heterocycles. The molecule has 8 heavy (non-hydrogen) atoms. The summed E-state index contributed by atoms with van der Waals surface area (Å²) in [4.78, 5) is 1.42. The molecule has 0 spiro atoms. The second-order valence-electron chi connectivity index (χ2n) is 1.83. The standard InChI is InChI=1S/C7H5S/c1-2-6-4-5-8-7(6)3-1/h1,3-6H. The predicted molar refractivity (Wildman–Crippen MR) is 36.1 cm³/mol. The summed E-state index contributed by atoms with van der Waals surface area (Å²) in [5.74, 6) is 0.514. The summed E-state index contributed by atoms with van der Waals surface area (Å²) in [5, 5.41) is 2.12. The smallest absolute Gasteiger partial charge is 0.0343 e. The van der Waals surface area contributed by atoms with E-state index in [0.717, 1.165) is 0 Å². The van der Waals surface area contributed by atoms with Crippen molar-refractivity contribution in [1.82, 2.24) is 0 Å². The van der Waals surface area contributed by atoms with E-state index >= 15 is 0 Å². The first-order chi connectivity index (χ1) is 3.97. The average molecular weight is 121 g/mol. The lowest BCUT2D eigenvalue weighted by atomic mass is 10.2. The van der Waals surface area contributed by atoms with Crippen LogP contribution in [0.25, 0.3) is 0 Å². The number of allylic oxidation sites excluding steroid dienone is 5. The van der Waals surface area contributed by atoms with Gasteiger partial charge < -0.3 is 0 Å². The summed E-state index contributed by atoms with van der Waals surface area (Å²) in [5.41, 5.74) is 0. The lowest BCUT2D eigenvalue weighted by Crippen LogP contribution is -1.81. The number of hydrogen-bond acceptors (Lipinski definition) is 1. The van der Waals surface area contributed by atoms with E-state index in [1.54, 1.807) is 11.8 Å². The van der Waals surface area contributed by atoms with Crippen molar-refractivity contribution < 1.29 is 0 Å². The van der Waals surface area contributed by atoms with E-state index < -0.39 is 0 Å². The van der Waals surface area contributed by atoms with Crippen molar-refractivity contribution in [1.29, 1.82) is 0 Å². The van der Waals surface area contributed by atoms with E-state index in [0.29, 0.717) is 5.92 Å². The van der Waals surface area contributed by atoms with Gasteiger partial charge in [0.15, 0.2) is 0 Å². The molecule has 1 heterocycles. The van der Waals surface area contributed by atoms with Crippen LogP contribution in [0.2, 0.25) is 0 Å². The van der Waals surface area contributed by atoms with Gasteiger partial charge >= 0.3 is 0 Å². The third-order valence-electron chi connectivity index (χ3n) is 1.31. The third-order valence-corrected chi connectivity index (χ3v) is 2.26. The Morgan fingerprint density at radius 2 is 2.62 bits per heavy atom. The van der Waals surface area contributed by atoms with Crippen LogP contribution in [0.4, 0.5) is 0 Å². The maximum atomic E-state index is 3.19. The topological polar surface area (TPSA) is 0 Å². The highest BCUT2D eigenvalue weighted by atomic mass is 32.2. The van der Waals surface area contributed by atoms with Gasteiger partial charge in [0, 0.05) is 10.8 Å². The van der Waals surface area contributed by atoms with Gasteiger partial charge in [-0.2, -0.15) is 0 Å². The predicted octanol–water partition coefficient (Wildman–Crippen LogP) is 2.12. The number of fused-ring (bicyclic) bond motifs is 1. The van der Waals surface area contributed by atoms with E-state index in [1.165, 1.54) is 4.91 Å². The minimum atomic E-state index is 0.514.